The smallest absolute Gasteiger partial charge is 0.252 e. The quantitative estimate of drug-likeness (QED) is 0.824. The van der Waals surface area contributed by atoms with Crippen LogP contribution < -0.4 is 11.1 Å². The highest BCUT2D eigenvalue weighted by Crippen LogP contribution is 2.11. The molecule has 0 heterocycles. The van der Waals surface area contributed by atoms with Gasteiger partial charge in [0.2, 0.25) is 0 Å². The third-order valence-corrected chi connectivity index (χ3v) is 2.79. The van der Waals surface area contributed by atoms with Crippen LogP contribution in [0.15, 0.2) is 24.3 Å². The first-order valence-corrected chi connectivity index (χ1v) is 5.48. The zero-order valence-corrected chi connectivity index (χ0v) is 11.3. The summed E-state index contributed by atoms with van der Waals surface area (Å²) in [5, 5.41) is 2.82. The van der Waals surface area contributed by atoms with Gasteiger partial charge in [-0.2, -0.15) is 0 Å². The van der Waals surface area contributed by atoms with Crippen LogP contribution in [0, 0.1) is 3.57 Å². The Morgan fingerprint density at radius 2 is 2.13 bits per heavy atom. The minimum Gasteiger partial charge on any atom is -0.348 e. The van der Waals surface area contributed by atoms with E-state index in [0.717, 1.165) is 3.57 Å². The van der Waals surface area contributed by atoms with Crippen LogP contribution in [0.25, 0.3) is 0 Å². The van der Waals surface area contributed by atoms with E-state index in [1.165, 1.54) is 0 Å². The summed E-state index contributed by atoms with van der Waals surface area (Å²) in [4.78, 5) is 11.7. The molecular formula is C10H14ClIN2O. The lowest BCUT2D eigenvalue weighted by molar-refractivity contribution is 0.0940. The Kier molecular flexibility index (Phi) is 6.87. The molecule has 1 rings (SSSR count). The zero-order chi connectivity index (χ0) is 10.6. The molecule has 0 unspecified atom stereocenters. The van der Waals surface area contributed by atoms with Crippen LogP contribution in [0.3, 0.4) is 0 Å². The summed E-state index contributed by atoms with van der Waals surface area (Å²) < 4.78 is 0.951. The highest BCUT2D eigenvalue weighted by atomic mass is 127. The van der Waals surface area contributed by atoms with E-state index in [1.54, 1.807) is 6.07 Å². The highest BCUT2D eigenvalue weighted by molar-refractivity contribution is 14.1. The number of rotatable bonds is 3. The first-order chi connectivity index (χ1) is 6.65. The van der Waals surface area contributed by atoms with Gasteiger partial charge < -0.3 is 11.1 Å². The largest absolute Gasteiger partial charge is 0.348 e. The van der Waals surface area contributed by atoms with Crippen molar-refractivity contribution in [1.29, 1.82) is 0 Å². The highest BCUT2D eigenvalue weighted by Gasteiger charge is 2.10. The van der Waals surface area contributed by atoms with Crippen LogP contribution in [-0.4, -0.2) is 18.5 Å². The fraction of sp³-hybridized carbons (Fsp3) is 0.300. The minimum atomic E-state index is -0.0621. The molecule has 0 saturated carbocycles. The number of carbonyl (C=O) groups is 1. The van der Waals surface area contributed by atoms with Crippen LogP contribution in [0.4, 0.5) is 0 Å². The van der Waals surface area contributed by atoms with Gasteiger partial charge in [0.1, 0.15) is 0 Å². The van der Waals surface area contributed by atoms with Gasteiger partial charge in [-0.3, -0.25) is 4.79 Å². The summed E-state index contributed by atoms with van der Waals surface area (Å²) in [5.41, 5.74) is 6.12. The average Bonchev–Trinajstić information content (AvgIpc) is 2.18. The second-order valence-electron chi connectivity index (χ2n) is 3.09. The number of amides is 1. The van der Waals surface area contributed by atoms with E-state index in [-0.39, 0.29) is 24.4 Å². The summed E-state index contributed by atoms with van der Waals surface area (Å²) in [5.74, 6) is -0.0621. The molecule has 0 saturated heterocycles. The van der Waals surface area contributed by atoms with Crippen molar-refractivity contribution in [2.75, 3.05) is 6.54 Å². The van der Waals surface area contributed by atoms with Crippen molar-refractivity contribution < 1.29 is 4.79 Å². The summed E-state index contributed by atoms with van der Waals surface area (Å²) in [6.45, 7) is 2.34. The molecular weight excluding hydrogens is 326 g/mol. The summed E-state index contributed by atoms with van der Waals surface area (Å²) in [7, 11) is 0. The Morgan fingerprint density at radius 3 is 2.67 bits per heavy atom. The van der Waals surface area contributed by atoms with E-state index in [4.69, 9.17) is 5.73 Å². The van der Waals surface area contributed by atoms with Gasteiger partial charge in [0, 0.05) is 16.2 Å². The van der Waals surface area contributed by atoms with Crippen molar-refractivity contribution in [1.82, 2.24) is 5.32 Å². The maximum atomic E-state index is 11.7. The number of carbonyl (C=O) groups excluding carboxylic acids is 1. The normalized spacial score (nSPS) is 11.4. The predicted octanol–water partition coefficient (Wildman–Crippen LogP) is 1.79. The standard InChI is InChI=1S/C10H13IN2O.ClH/c1-7(6-12)13-10(14)8-4-2-3-5-9(8)11;/h2-5,7H,6,12H2,1H3,(H,13,14);1H/t7-;/m0./s1. The van der Waals surface area contributed by atoms with Crippen LogP contribution >= 0.6 is 35.0 Å². The molecule has 0 aromatic heterocycles. The molecule has 0 aliphatic heterocycles. The molecule has 5 heteroatoms. The molecule has 0 spiro atoms. The van der Waals surface area contributed by atoms with E-state index < -0.39 is 0 Å². The van der Waals surface area contributed by atoms with Gasteiger partial charge in [-0.25, -0.2) is 0 Å². The minimum absolute atomic E-state index is 0. The lowest BCUT2D eigenvalue weighted by atomic mass is 10.2. The molecule has 1 amide bonds. The monoisotopic (exact) mass is 340 g/mol. The van der Waals surface area contributed by atoms with Crippen LogP contribution in [0.2, 0.25) is 0 Å². The summed E-state index contributed by atoms with van der Waals surface area (Å²) in [6.07, 6.45) is 0. The second-order valence-corrected chi connectivity index (χ2v) is 4.25. The molecule has 0 aliphatic rings. The second kappa shape index (κ2) is 7.03. The third kappa shape index (κ3) is 4.36. The molecule has 0 aliphatic carbocycles. The fourth-order valence-corrected chi connectivity index (χ4v) is 1.64. The molecule has 1 aromatic carbocycles. The Labute approximate surface area is 109 Å². The summed E-state index contributed by atoms with van der Waals surface area (Å²) >= 11 is 2.14. The Morgan fingerprint density at radius 1 is 1.53 bits per heavy atom. The number of nitrogens with one attached hydrogen (secondary N) is 1. The van der Waals surface area contributed by atoms with Crippen molar-refractivity contribution in [3.05, 3.63) is 33.4 Å². The van der Waals surface area contributed by atoms with Gasteiger partial charge in [0.15, 0.2) is 0 Å². The van der Waals surface area contributed by atoms with E-state index in [9.17, 15) is 4.79 Å². The van der Waals surface area contributed by atoms with Gasteiger partial charge in [-0.1, -0.05) is 12.1 Å². The lowest BCUT2D eigenvalue weighted by Crippen LogP contribution is -2.38. The number of halogens is 2. The van der Waals surface area contributed by atoms with Crippen LogP contribution in [0.1, 0.15) is 17.3 Å². The van der Waals surface area contributed by atoms with Crippen molar-refractivity contribution >= 4 is 40.9 Å². The number of benzene rings is 1. The number of hydrogen-bond donors (Lipinski definition) is 2. The maximum absolute atomic E-state index is 11.7. The molecule has 84 valence electrons. The van der Waals surface area contributed by atoms with Crippen molar-refractivity contribution in [2.45, 2.75) is 13.0 Å². The Balaban J connectivity index is 0.00000196. The number of hydrogen-bond acceptors (Lipinski definition) is 2. The summed E-state index contributed by atoms with van der Waals surface area (Å²) in [6, 6.07) is 7.48. The predicted molar refractivity (Wildman–Crippen MR) is 72.4 cm³/mol. The van der Waals surface area contributed by atoms with Crippen molar-refractivity contribution in [3.63, 3.8) is 0 Å². The Hall–Kier alpha value is -0.330. The molecule has 0 radical (unpaired) electrons. The first kappa shape index (κ1) is 14.7. The van der Waals surface area contributed by atoms with Gasteiger partial charge >= 0.3 is 0 Å². The SMILES string of the molecule is C[C@@H](CN)NC(=O)c1ccccc1I.Cl. The molecule has 1 atom stereocenters. The lowest BCUT2D eigenvalue weighted by Gasteiger charge is -2.11. The van der Waals surface area contributed by atoms with E-state index in [1.807, 2.05) is 25.1 Å². The molecule has 15 heavy (non-hydrogen) atoms. The van der Waals surface area contributed by atoms with E-state index >= 15 is 0 Å². The van der Waals surface area contributed by atoms with Crippen LogP contribution in [-0.2, 0) is 0 Å². The van der Waals surface area contributed by atoms with Crippen molar-refractivity contribution in [3.8, 4) is 0 Å². The number of nitrogens with two attached hydrogens (primary N) is 1. The topological polar surface area (TPSA) is 55.1 Å². The Bertz CT molecular complexity index is 333. The van der Waals surface area contributed by atoms with Gasteiger partial charge in [-0.05, 0) is 41.6 Å². The average molecular weight is 341 g/mol. The third-order valence-electron chi connectivity index (χ3n) is 1.85. The van der Waals surface area contributed by atoms with Gasteiger partial charge in [0.05, 0.1) is 5.56 Å². The fourth-order valence-electron chi connectivity index (χ4n) is 1.01. The molecule has 0 fully saturated rings. The van der Waals surface area contributed by atoms with Gasteiger partial charge in [-0.15, -0.1) is 12.4 Å². The molecule has 0 bridgehead atoms. The molecule has 3 N–H and O–H groups in total. The maximum Gasteiger partial charge on any atom is 0.252 e. The van der Waals surface area contributed by atoms with E-state index in [2.05, 4.69) is 27.9 Å². The van der Waals surface area contributed by atoms with Crippen molar-refractivity contribution in [2.24, 2.45) is 5.73 Å². The zero-order valence-electron chi connectivity index (χ0n) is 8.37. The first-order valence-electron chi connectivity index (χ1n) is 4.40. The van der Waals surface area contributed by atoms with Crippen LogP contribution in [0.5, 0.6) is 0 Å². The van der Waals surface area contributed by atoms with Gasteiger partial charge in [0.25, 0.3) is 5.91 Å². The molecule has 3 nitrogen and oxygen atoms in total. The van der Waals surface area contributed by atoms with E-state index in [0.29, 0.717) is 12.1 Å². The molecule has 1 aromatic rings.